The highest BCUT2D eigenvalue weighted by molar-refractivity contribution is 5.06. The zero-order chi connectivity index (χ0) is 11.4. The number of furan rings is 1. The van der Waals surface area contributed by atoms with Crippen LogP contribution in [0.5, 0.6) is 0 Å². The van der Waals surface area contributed by atoms with Gasteiger partial charge in [0, 0.05) is 6.04 Å². The molecule has 0 bridgehead atoms. The predicted molar refractivity (Wildman–Crippen MR) is 62.9 cm³/mol. The van der Waals surface area contributed by atoms with Crippen molar-refractivity contribution in [2.45, 2.75) is 51.8 Å². The van der Waals surface area contributed by atoms with Gasteiger partial charge in [-0.1, -0.05) is 19.8 Å². The fraction of sp³-hybridized carbons (Fsp3) is 0.692. The predicted octanol–water partition coefficient (Wildman–Crippen LogP) is 2.44. The van der Waals surface area contributed by atoms with Crippen molar-refractivity contribution in [3.8, 4) is 0 Å². The van der Waals surface area contributed by atoms with E-state index < -0.39 is 0 Å². The van der Waals surface area contributed by atoms with E-state index in [0.29, 0.717) is 11.8 Å². The molecule has 0 aromatic carbocycles. The van der Waals surface area contributed by atoms with Crippen LogP contribution in [0.4, 0.5) is 0 Å². The van der Waals surface area contributed by atoms with Gasteiger partial charge in [-0.3, -0.25) is 0 Å². The van der Waals surface area contributed by atoms with Crippen molar-refractivity contribution >= 4 is 0 Å². The Bertz CT molecular complexity index is 321. The van der Waals surface area contributed by atoms with Gasteiger partial charge in [-0.15, -0.1) is 0 Å². The van der Waals surface area contributed by atoms with Crippen LogP contribution in [0.1, 0.15) is 44.1 Å². The molecule has 0 aliphatic heterocycles. The first-order chi connectivity index (χ1) is 7.79. The highest BCUT2D eigenvalue weighted by Crippen LogP contribution is 2.24. The minimum Gasteiger partial charge on any atom is -0.462 e. The average molecular weight is 223 g/mol. The van der Waals surface area contributed by atoms with Gasteiger partial charge in [0.05, 0.1) is 6.54 Å². The molecule has 3 nitrogen and oxygen atoms in total. The van der Waals surface area contributed by atoms with Crippen LogP contribution >= 0.6 is 0 Å². The SMILES string of the molecule is CC1CCCCC1NCc1ccc(CO)o1. The summed E-state index contributed by atoms with van der Waals surface area (Å²) >= 11 is 0. The Kier molecular flexibility index (Phi) is 4.02. The second-order valence-electron chi connectivity index (χ2n) is 4.78. The average Bonchev–Trinajstić information content (AvgIpc) is 2.76. The maximum Gasteiger partial charge on any atom is 0.129 e. The topological polar surface area (TPSA) is 45.4 Å². The molecule has 1 saturated carbocycles. The molecule has 3 heteroatoms. The summed E-state index contributed by atoms with van der Waals surface area (Å²) in [5.74, 6) is 2.33. The maximum absolute atomic E-state index is 8.90. The fourth-order valence-corrected chi connectivity index (χ4v) is 2.45. The summed E-state index contributed by atoms with van der Waals surface area (Å²) in [7, 11) is 0. The van der Waals surface area contributed by atoms with E-state index in [-0.39, 0.29) is 6.61 Å². The lowest BCUT2D eigenvalue weighted by molar-refractivity contribution is 0.238. The second-order valence-corrected chi connectivity index (χ2v) is 4.78. The number of aliphatic hydroxyl groups is 1. The lowest BCUT2D eigenvalue weighted by Crippen LogP contribution is -2.36. The molecule has 1 heterocycles. The van der Waals surface area contributed by atoms with Crippen LogP contribution in [-0.4, -0.2) is 11.1 Å². The number of hydrogen-bond acceptors (Lipinski definition) is 3. The van der Waals surface area contributed by atoms with Crippen LogP contribution in [0, 0.1) is 5.92 Å². The molecule has 2 rings (SSSR count). The molecule has 2 unspecified atom stereocenters. The molecule has 1 aliphatic rings. The van der Waals surface area contributed by atoms with E-state index in [0.717, 1.165) is 18.2 Å². The van der Waals surface area contributed by atoms with Crippen molar-refractivity contribution in [2.24, 2.45) is 5.92 Å². The van der Waals surface area contributed by atoms with E-state index in [2.05, 4.69) is 12.2 Å². The van der Waals surface area contributed by atoms with E-state index in [4.69, 9.17) is 9.52 Å². The number of nitrogens with one attached hydrogen (secondary N) is 1. The first-order valence-corrected chi connectivity index (χ1v) is 6.21. The summed E-state index contributed by atoms with van der Waals surface area (Å²) in [5.41, 5.74) is 0. The van der Waals surface area contributed by atoms with E-state index in [1.807, 2.05) is 12.1 Å². The Morgan fingerprint density at radius 1 is 1.31 bits per heavy atom. The molecular weight excluding hydrogens is 202 g/mol. The lowest BCUT2D eigenvalue weighted by atomic mass is 9.86. The molecule has 0 radical (unpaired) electrons. The quantitative estimate of drug-likeness (QED) is 0.824. The van der Waals surface area contributed by atoms with Gasteiger partial charge in [0.2, 0.25) is 0 Å². The standard InChI is InChI=1S/C13H21NO2/c1-10-4-2-3-5-13(10)14-8-11-6-7-12(9-15)16-11/h6-7,10,13-15H,2-5,8-9H2,1H3. The van der Waals surface area contributed by atoms with Crippen molar-refractivity contribution in [3.63, 3.8) is 0 Å². The minimum atomic E-state index is -0.0141. The molecule has 1 fully saturated rings. The van der Waals surface area contributed by atoms with Crippen LogP contribution in [0.3, 0.4) is 0 Å². The molecule has 1 aromatic rings. The molecular formula is C13H21NO2. The van der Waals surface area contributed by atoms with Gasteiger partial charge in [-0.05, 0) is 30.9 Å². The van der Waals surface area contributed by atoms with Crippen LogP contribution in [0.25, 0.3) is 0 Å². The van der Waals surface area contributed by atoms with Gasteiger partial charge >= 0.3 is 0 Å². The Hall–Kier alpha value is -0.800. The highest BCUT2D eigenvalue weighted by atomic mass is 16.4. The van der Waals surface area contributed by atoms with E-state index >= 15 is 0 Å². The largest absolute Gasteiger partial charge is 0.462 e. The van der Waals surface area contributed by atoms with Gasteiger partial charge in [-0.2, -0.15) is 0 Å². The Morgan fingerprint density at radius 3 is 2.75 bits per heavy atom. The molecule has 1 aromatic heterocycles. The zero-order valence-electron chi connectivity index (χ0n) is 9.91. The Labute approximate surface area is 96.8 Å². The van der Waals surface area contributed by atoms with Crippen molar-refractivity contribution in [3.05, 3.63) is 23.7 Å². The molecule has 2 N–H and O–H groups in total. The monoisotopic (exact) mass is 223 g/mol. The van der Waals surface area contributed by atoms with Crippen LogP contribution in [0.15, 0.2) is 16.5 Å². The summed E-state index contributed by atoms with van der Waals surface area (Å²) in [6, 6.07) is 4.39. The van der Waals surface area contributed by atoms with E-state index in [9.17, 15) is 0 Å². The summed E-state index contributed by atoms with van der Waals surface area (Å²) in [4.78, 5) is 0. The summed E-state index contributed by atoms with van der Waals surface area (Å²) in [6.45, 7) is 3.08. The third-order valence-corrected chi connectivity index (χ3v) is 3.52. The third kappa shape index (κ3) is 2.86. The van der Waals surface area contributed by atoms with Gasteiger partial charge in [0.1, 0.15) is 18.1 Å². The molecule has 1 aliphatic carbocycles. The fourth-order valence-electron chi connectivity index (χ4n) is 2.45. The smallest absolute Gasteiger partial charge is 0.129 e. The molecule has 0 saturated heterocycles. The van der Waals surface area contributed by atoms with Crippen LogP contribution in [0.2, 0.25) is 0 Å². The number of hydrogen-bond donors (Lipinski definition) is 2. The normalized spacial score (nSPS) is 25.9. The van der Waals surface area contributed by atoms with Crippen molar-refractivity contribution in [1.29, 1.82) is 0 Å². The number of rotatable bonds is 4. The van der Waals surface area contributed by atoms with Gasteiger partial charge in [0.25, 0.3) is 0 Å². The van der Waals surface area contributed by atoms with Crippen molar-refractivity contribution in [2.75, 3.05) is 0 Å². The lowest BCUT2D eigenvalue weighted by Gasteiger charge is -2.29. The molecule has 90 valence electrons. The zero-order valence-corrected chi connectivity index (χ0v) is 9.91. The van der Waals surface area contributed by atoms with Crippen LogP contribution in [-0.2, 0) is 13.2 Å². The minimum absolute atomic E-state index is 0.0141. The van der Waals surface area contributed by atoms with Gasteiger partial charge in [-0.25, -0.2) is 0 Å². The van der Waals surface area contributed by atoms with E-state index in [1.165, 1.54) is 25.7 Å². The number of aliphatic hydroxyl groups excluding tert-OH is 1. The van der Waals surface area contributed by atoms with Gasteiger partial charge < -0.3 is 14.8 Å². The summed E-state index contributed by atoms with van der Waals surface area (Å²) in [6.07, 6.45) is 5.31. The second kappa shape index (κ2) is 5.51. The van der Waals surface area contributed by atoms with Gasteiger partial charge in [0.15, 0.2) is 0 Å². The third-order valence-electron chi connectivity index (χ3n) is 3.52. The highest BCUT2D eigenvalue weighted by Gasteiger charge is 2.20. The maximum atomic E-state index is 8.90. The van der Waals surface area contributed by atoms with Crippen LogP contribution < -0.4 is 5.32 Å². The Balaban J connectivity index is 1.81. The first kappa shape index (κ1) is 11.7. The summed E-state index contributed by atoms with van der Waals surface area (Å²) < 4.78 is 5.45. The molecule has 0 spiro atoms. The first-order valence-electron chi connectivity index (χ1n) is 6.21. The Morgan fingerprint density at radius 2 is 2.06 bits per heavy atom. The summed E-state index contributed by atoms with van der Waals surface area (Å²) in [5, 5.41) is 12.4. The molecule has 16 heavy (non-hydrogen) atoms. The molecule has 0 amide bonds. The van der Waals surface area contributed by atoms with E-state index in [1.54, 1.807) is 0 Å². The molecule has 2 atom stereocenters. The van der Waals surface area contributed by atoms with Crippen molar-refractivity contribution < 1.29 is 9.52 Å². The van der Waals surface area contributed by atoms with Crippen molar-refractivity contribution in [1.82, 2.24) is 5.32 Å².